The van der Waals surface area contributed by atoms with E-state index in [-0.39, 0.29) is 45.8 Å². The van der Waals surface area contributed by atoms with Crippen LogP contribution in [0, 0.1) is 56.7 Å². The summed E-state index contributed by atoms with van der Waals surface area (Å²) in [5, 5.41) is 118. The normalized spacial score (nSPS) is 55.3. The van der Waals surface area contributed by atoms with Gasteiger partial charge in [-0.15, -0.1) is 0 Å². The highest BCUT2D eigenvalue weighted by Crippen LogP contribution is 2.77. The van der Waals surface area contributed by atoms with Crippen LogP contribution in [0.15, 0.2) is 12.2 Å². The molecule has 3 heterocycles. The van der Waals surface area contributed by atoms with E-state index in [1.165, 1.54) is 6.92 Å². The molecule has 8 fully saturated rings. The lowest BCUT2D eigenvalue weighted by Crippen LogP contribution is -2.68. The average Bonchev–Trinajstić information content (AvgIpc) is 3.69. The van der Waals surface area contributed by atoms with E-state index >= 15 is 0 Å². The Bertz CT molecular complexity index is 1850. The van der Waals surface area contributed by atoms with Crippen molar-refractivity contribution in [3.05, 3.63) is 12.2 Å². The average molecular weight is 957 g/mol. The second-order valence-corrected chi connectivity index (χ2v) is 22.7. The number of hydrogen-bond acceptors (Lipinski definition) is 18. The SMILES string of the molecule is C=C(C)[C@@H]1CC[C@]2(C(=O)O[C@@H]3O[C@H](CO[C@@H]4O[C@H](CO)[C@@H](O[C@@H]5O[C@@H](C)[C@H](O)[C@@H](O)[C@H]5O)[C@H](O)[C@H]4O)[C@@H](O)[C@H](O)[C@H]3O)CC[C@]3(C)[C@H](CC[C@@H]4[C@@]5(C)CC[C@@H](O)[C@@](C)(C(=O)O)[C@@H]5CC[C@]43C)[C@@H]12. The van der Waals surface area contributed by atoms with Crippen molar-refractivity contribution in [1.29, 1.82) is 0 Å². The molecule has 0 amide bonds. The summed E-state index contributed by atoms with van der Waals surface area (Å²) in [6, 6.07) is 0. The Kier molecular flexibility index (Phi) is 14.0. The highest BCUT2D eigenvalue weighted by molar-refractivity contribution is 5.78. The lowest BCUT2D eigenvalue weighted by Gasteiger charge is -2.72. The quantitative estimate of drug-likeness (QED) is 0.102. The summed E-state index contributed by atoms with van der Waals surface area (Å²) in [6.45, 7) is 15.1. The molecule has 0 spiro atoms. The minimum absolute atomic E-state index is 0.0107. The summed E-state index contributed by atoms with van der Waals surface area (Å²) in [5.74, 6) is -1.66. The van der Waals surface area contributed by atoms with Crippen LogP contribution in [-0.4, -0.2) is 180 Å². The van der Waals surface area contributed by atoms with E-state index in [9.17, 15) is 65.8 Å². The van der Waals surface area contributed by atoms with Gasteiger partial charge in [0, 0.05) is 0 Å². The van der Waals surface area contributed by atoms with Crippen LogP contribution in [0.25, 0.3) is 0 Å². The van der Waals surface area contributed by atoms with E-state index in [0.717, 1.165) is 31.3 Å². The van der Waals surface area contributed by atoms with Crippen LogP contribution >= 0.6 is 0 Å². The maximum Gasteiger partial charge on any atom is 0.314 e. The lowest BCUT2D eigenvalue weighted by molar-refractivity contribution is -0.361. The van der Waals surface area contributed by atoms with Crippen molar-refractivity contribution in [1.82, 2.24) is 0 Å². The molecule has 3 aliphatic heterocycles. The molecule has 8 rings (SSSR count). The summed E-state index contributed by atoms with van der Waals surface area (Å²) in [7, 11) is 0. The minimum Gasteiger partial charge on any atom is -0.481 e. The molecule has 0 radical (unpaired) electrons. The molecule has 5 aliphatic carbocycles. The fourth-order valence-corrected chi connectivity index (χ4v) is 15.7. The van der Waals surface area contributed by atoms with Crippen LogP contribution in [0.1, 0.15) is 106 Å². The molecular weight excluding hydrogens is 881 g/mol. The van der Waals surface area contributed by atoms with Gasteiger partial charge in [0.15, 0.2) is 12.6 Å². The van der Waals surface area contributed by atoms with Crippen LogP contribution in [0.2, 0.25) is 0 Å². The number of esters is 1. The Morgan fingerprint density at radius 2 is 1.30 bits per heavy atom. The zero-order valence-electron chi connectivity index (χ0n) is 39.5. The maximum absolute atomic E-state index is 15.0. The van der Waals surface area contributed by atoms with Crippen molar-refractivity contribution in [2.75, 3.05) is 13.2 Å². The van der Waals surface area contributed by atoms with Gasteiger partial charge >= 0.3 is 11.9 Å². The molecule has 3 saturated heterocycles. The summed E-state index contributed by atoms with van der Waals surface area (Å²) in [5.41, 5.74) is -2.04. The molecule has 67 heavy (non-hydrogen) atoms. The molecule has 26 atom stereocenters. The molecule has 19 heteroatoms. The Hall–Kier alpha value is -1.92. The van der Waals surface area contributed by atoms with E-state index in [1.807, 2.05) is 6.92 Å². The van der Waals surface area contributed by atoms with Crippen molar-refractivity contribution in [3.63, 3.8) is 0 Å². The van der Waals surface area contributed by atoms with Gasteiger partial charge in [-0.3, -0.25) is 9.59 Å². The highest BCUT2D eigenvalue weighted by Gasteiger charge is 2.73. The highest BCUT2D eigenvalue weighted by atomic mass is 16.8. The molecule has 11 N–H and O–H groups in total. The second kappa shape index (κ2) is 18.3. The molecule has 382 valence electrons. The molecule has 5 saturated carbocycles. The number of hydrogen-bond donors (Lipinski definition) is 11. The smallest absolute Gasteiger partial charge is 0.314 e. The monoisotopic (exact) mass is 956 g/mol. The third-order valence-corrected chi connectivity index (χ3v) is 19.8. The Morgan fingerprint density at radius 1 is 0.657 bits per heavy atom. The Morgan fingerprint density at radius 3 is 1.96 bits per heavy atom. The fourth-order valence-electron chi connectivity index (χ4n) is 15.7. The first kappa shape index (κ1) is 51.4. The fraction of sp³-hybridized carbons (Fsp3) is 0.917. The number of carboxylic acid groups (broad SMARTS) is 1. The summed E-state index contributed by atoms with van der Waals surface area (Å²) >= 11 is 0. The van der Waals surface area contributed by atoms with Crippen LogP contribution in [0.4, 0.5) is 0 Å². The van der Waals surface area contributed by atoms with Gasteiger partial charge in [0.05, 0.1) is 36.3 Å². The minimum atomic E-state index is -1.87. The molecule has 0 unspecified atom stereocenters. The van der Waals surface area contributed by atoms with Crippen LogP contribution in [-0.2, 0) is 38.0 Å². The summed E-state index contributed by atoms with van der Waals surface area (Å²) < 4.78 is 34.7. The topological polar surface area (TPSA) is 312 Å². The van der Waals surface area contributed by atoms with Crippen molar-refractivity contribution in [2.24, 2.45) is 56.7 Å². The van der Waals surface area contributed by atoms with Gasteiger partial charge in [0.1, 0.15) is 67.1 Å². The molecule has 0 aromatic heterocycles. The Labute approximate surface area is 391 Å². The number of aliphatic hydroxyl groups excluding tert-OH is 10. The van der Waals surface area contributed by atoms with Gasteiger partial charge in [-0.1, -0.05) is 32.9 Å². The molecule has 0 aromatic rings. The van der Waals surface area contributed by atoms with Crippen LogP contribution < -0.4 is 0 Å². The van der Waals surface area contributed by atoms with Gasteiger partial charge in [0.25, 0.3) is 0 Å². The van der Waals surface area contributed by atoms with E-state index < -0.39 is 134 Å². The van der Waals surface area contributed by atoms with Crippen LogP contribution in [0.3, 0.4) is 0 Å². The number of ether oxygens (including phenoxy) is 6. The third-order valence-electron chi connectivity index (χ3n) is 19.8. The van der Waals surface area contributed by atoms with Gasteiger partial charge in [-0.25, -0.2) is 0 Å². The first-order valence-electron chi connectivity index (χ1n) is 24.4. The number of aliphatic carboxylic acids is 1. The van der Waals surface area contributed by atoms with Gasteiger partial charge < -0.3 is 84.6 Å². The molecule has 8 aliphatic rings. The molecule has 19 nitrogen and oxygen atoms in total. The number of allylic oxidation sites excluding steroid dienone is 1. The van der Waals surface area contributed by atoms with E-state index in [2.05, 4.69) is 27.4 Å². The van der Waals surface area contributed by atoms with E-state index in [1.54, 1.807) is 6.92 Å². The lowest BCUT2D eigenvalue weighted by atomic mass is 9.32. The largest absolute Gasteiger partial charge is 0.481 e. The number of carbonyl (C=O) groups is 2. The zero-order chi connectivity index (χ0) is 49.1. The standard InChI is InChI=1S/C48H76O19/c1-20(2)22-10-15-48(17-16-45(5)23(29(22)48)8-9-26-44(4)13-12-28(50)47(7,42(59)60)27(44)11-14-46(26,45)6)43(61)67-41-36(57)33(54)31(52)25(65-41)19-62-39-37(58)34(55)38(24(18-49)64-39)66-40-35(56)32(53)30(51)21(3)63-40/h21-41,49-58H,1,8-19H2,2-7H3,(H,59,60)/t21-,22-,23+,24+,25+,26+,27+,28+,29+,30-,31+,32+,33-,34+,35+,36+,37+,38+,39+,40-,41-,44+,45+,46+,47-,48-/m0/s1. The molecular formula is C48H76O19. The van der Waals surface area contributed by atoms with E-state index in [0.29, 0.717) is 38.5 Å². The van der Waals surface area contributed by atoms with Crippen molar-refractivity contribution < 1.29 is 94.2 Å². The first-order chi connectivity index (χ1) is 31.3. The summed E-state index contributed by atoms with van der Waals surface area (Å²) in [6.07, 6.45) is -18.7. The van der Waals surface area contributed by atoms with Crippen molar-refractivity contribution >= 4 is 11.9 Å². The van der Waals surface area contributed by atoms with E-state index in [4.69, 9.17) is 28.4 Å². The number of fused-ring (bicyclic) bond motifs is 7. The number of rotatable bonds is 10. The second-order valence-electron chi connectivity index (χ2n) is 22.7. The first-order valence-corrected chi connectivity index (χ1v) is 24.4. The number of carboxylic acids is 1. The van der Waals surface area contributed by atoms with Gasteiger partial charge in [-0.05, 0) is 131 Å². The van der Waals surface area contributed by atoms with Gasteiger partial charge in [-0.2, -0.15) is 0 Å². The Balaban J connectivity index is 0.969. The molecule has 0 aromatic carbocycles. The van der Waals surface area contributed by atoms with Crippen molar-refractivity contribution in [3.8, 4) is 0 Å². The number of aliphatic hydroxyl groups is 10. The maximum atomic E-state index is 15.0. The third kappa shape index (κ3) is 7.79. The zero-order valence-corrected chi connectivity index (χ0v) is 39.5. The summed E-state index contributed by atoms with van der Waals surface area (Å²) in [4.78, 5) is 27.8. The predicted molar refractivity (Wildman–Crippen MR) is 231 cm³/mol. The van der Waals surface area contributed by atoms with Gasteiger partial charge in [0.2, 0.25) is 6.29 Å². The van der Waals surface area contributed by atoms with Crippen LogP contribution in [0.5, 0.6) is 0 Å². The predicted octanol–water partition coefficient (Wildman–Crippen LogP) is 0.0887. The number of carbonyl (C=O) groups excluding carboxylic acids is 1. The van der Waals surface area contributed by atoms with Crippen molar-refractivity contribution in [2.45, 2.75) is 204 Å². The molecule has 0 bridgehead atoms.